The van der Waals surface area contributed by atoms with E-state index in [1.165, 1.54) is 19.3 Å². The minimum Gasteiger partial charge on any atom is -0.309 e. The Kier molecular flexibility index (Phi) is 3.97. The molecule has 1 aliphatic rings. The van der Waals surface area contributed by atoms with Crippen LogP contribution < -0.4 is 0 Å². The van der Waals surface area contributed by atoms with Gasteiger partial charge in [-0.05, 0) is 43.2 Å². The van der Waals surface area contributed by atoms with Gasteiger partial charge in [0.1, 0.15) is 11.3 Å². The molecular formula is C16H22ClN3. The van der Waals surface area contributed by atoms with Crippen LogP contribution in [0.3, 0.4) is 0 Å². The van der Waals surface area contributed by atoms with E-state index in [-0.39, 0.29) is 0 Å². The molecule has 3 atom stereocenters. The van der Waals surface area contributed by atoms with Gasteiger partial charge < -0.3 is 4.57 Å². The Balaban J connectivity index is 2.06. The van der Waals surface area contributed by atoms with Crippen molar-refractivity contribution >= 4 is 22.8 Å². The van der Waals surface area contributed by atoms with Crippen LogP contribution in [0.1, 0.15) is 45.0 Å². The van der Waals surface area contributed by atoms with Gasteiger partial charge in [0.2, 0.25) is 0 Å². The molecule has 1 fully saturated rings. The van der Waals surface area contributed by atoms with Crippen molar-refractivity contribution in [1.82, 2.24) is 14.5 Å². The minimum atomic E-state index is 0.518. The zero-order valence-corrected chi connectivity index (χ0v) is 13.0. The topological polar surface area (TPSA) is 30.7 Å². The van der Waals surface area contributed by atoms with Gasteiger partial charge >= 0.3 is 0 Å². The lowest BCUT2D eigenvalue weighted by atomic mass is 9.79. The van der Waals surface area contributed by atoms with Gasteiger partial charge in [0, 0.05) is 24.5 Å². The molecule has 3 nitrogen and oxygen atoms in total. The Morgan fingerprint density at radius 1 is 1.35 bits per heavy atom. The van der Waals surface area contributed by atoms with Crippen molar-refractivity contribution in [3.05, 3.63) is 24.2 Å². The van der Waals surface area contributed by atoms with E-state index in [9.17, 15) is 0 Å². The van der Waals surface area contributed by atoms with E-state index < -0.39 is 0 Å². The molecule has 108 valence electrons. The number of nitrogens with zero attached hydrogens (tertiary/aromatic N) is 3. The van der Waals surface area contributed by atoms with E-state index in [0.29, 0.717) is 17.8 Å². The largest absolute Gasteiger partial charge is 0.309 e. The minimum absolute atomic E-state index is 0.518. The lowest BCUT2D eigenvalue weighted by Crippen LogP contribution is -2.26. The molecule has 0 spiro atoms. The van der Waals surface area contributed by atoms with Crippen LogP contribution in [-0.2, 0) is 6.42 Å². The highest BCUT2D eigenvalue weighted by Gasteiger charge is 2.29. The number of aromatic nitrogens is 3. The molecule has 4 heteroatoms. The summed E-state index contributed by atoms with van der Waals surface area (Å²) in [6.45, 7) is 4.72. The van der Waals surface area contributed by atoms with Gasteiger partial charge in [0.25, 0.3) is 0 Å². The predicted molar refractivity (Wildman–Crippen MR) is 83.2 cm³/mol. The molecule has 20 heavy (non-hydrogen) atoms. The van der Waals surface area contributed by atoms with Gasteiger partial charge in [-0.3, -0.25) is 0 Å². The van der Waals surface area contributed by atoms with Crippen molar-refractivity contribution in [2.75, 3.05) is 5.88 Å². The molecule has 2 aromatic heterocycles. The third kappa shape index (κ3) is 2.44. The van der Waals surface area contributed by atoms with Gasteiger partial charge in [-0.15, -0.1) is 11.6 Å². The Labute approximate surface area is 125 Å². The molecule has 2 aromatic rings. The molecule has 0 amide bonds. The van der Waals surface area contributed by atoms with Gasteiger partial charge in [-0.1, -0.05) is 13.8 Å². The molecule has 3 unspecified atom stereocenters. The normalized spacial score (nSPS) is 27.1. The monoisotopic (exact) mass is 291 g/mol. The van der Waals surface area contributed by atoms with E-state index >= 15 is 0 Å². The first kappa shape index (κ1) is 13.9. The van der Waals surface area contributed by atoms with Crippen molar-refractivity contribution in [2.24, 2.45) is 11.8 Å². The fourth-order valence-electron chi connectivity index (χ4n) is 3.62. The highest BCUT2D eigenvalue weighted by atomic mass is 35.5. The third-order valence-electron chi connectivity index (χ3n) is 4.56. The lowest BCUT2D eigenvalue weighted by Gasteiger charge is -2.34. The molecule has 0 saturated heterocycles. The SMILES string of the molecule is CC1CCC(n2c(CCCl)nc3cccnc32)C(C)C1. The first-order valence-electron chi connectivity index (χ1n) is 7.58. The van der Waals surface area contributed by atoms with Crippen LogP contribution in [0.25, 0.3) is 11.2 Å². The second-order valence-electron chi connectivity index (χ2n) is 6.15. The van der Waals surface area contributed by atoms with Crippen LogP contribution in [0.5, 0.6) is 0 Å². The zero-order chi connectivity index (χ0) is 14.1. The van der Waals surface area contributed by atoms with E-state index in [1.807, 2.05) is 18.3 Å². The van der Waals surface area contributed by atoms with Crippen LogP contribution >= 0.6 is 11.6 Å². The predicted octanol–water partition coefficient (Wildman–Crippen LogP) is 4.21. The molecule has 1 aliphatic carbocycles. The summed E-state index contributed by atoms with van der Waals surface area (Å²) in [5, 5.41) is 0. The van der Waals surface area contributed by atoms with E-state index in [1.54, 1.807) is 0 Å². The molecule has 0 aliphatic heterocycles. The number of fused-ring (bicyclic) bond motifs is 1. The van der Waals surface area contributed by atoms with Crippen molar-refractivity contribution < 1.29 is 0 Å². The van der Waals surface area contributed by atoms with Crippen LogP contribution in [0.2, 0.25) is 0 Å². The van der Waals surface area contributed by atoms with Crippen molar-refractivity contribution in [3.8, 4) is 0 Å². The number of imidazole rings is 1. The van der Waals surface area contributed by atoms with Gasteiger partial charge in [-0.2, -0.15) is 0 Å². The summed E-state index contributed by atoms with van der Waals surface area (Å²) in [5.41, 5.74) is 2.03. The summed E-state index contributed by atoms with van der Waals surface area (Å²) in [5.74, 6) is 3.22. The number of pyridine rings is 1. The smallest absolute Gasteiger partial charge is 0.160 e. The van der Waals surface area contributed by atoms with Crippen LogP contribution in [0.15, 0.2) is 18.3 Å². The number of hydrogen-bond donors (Lipinski definition) is 0. The molecule has 1 saturated carbocycles. The molecular weight excluding hydrogens is 270 g/mol. The summed E-state index contributed by atoms with van der Waals surface area (Å²) in [6.07, 6.45) is 6.48. The van der Waals surface area contributed by atoms with Gasteiger partial charge in [0.15, 0.2) is 5.65 Å². The Morgan fingerprint density at radius 2 is 2.20 bits per heavy atom. The molecule has 3 rings (SSSR count). The maximum absolute atomic E-state index is 5.96. The molecule has 0 aromatic carbocycles. The summed E-state index contributed by atoms with van der Waals surface area (Å²) in [6, 6.07) is 4.52. The van der Waals surface area contributed by atoms with Crippen LogP contribution in [-0.4, -0.2) is 20.4 Å². The molecule has 0 bridgehead atoms. The standard InChI is InChI=1S/C16H22ClN3/c1-11-5-6-14(12(2)10-11)20-15(7-8-17)19-13-4-3-9-18-16(13)20/h3-4,9,11-12,14H,5-8,10H2,1-2H3. The lowest BCUT2D eigenvalue weighted by molar-refractivity contribution is 0.207. The maximum atomic E-state index is 5.96. The highest BCUT2D eigenvalue weighted by Crippen LogP contribution is 2.38. The molecule has 2 heterocycles. The van der Waals surface area contributed by atoms with Crippen molar-refractivity contribution in [3.63, 3.8) is 0 Å². The van der Waals surface area contributed by atoms with E-state index in [0.717, 1.165) is 29.3 Å². The summed E-state index contributed by atoms with van der Waals surface area (Å²) >= 11 is 5.96. The van der Waals surface area contributed by atoms with Crippen molar-refractivity contribution in [1.29, 1.82) is 0 Å². The fraction of sp³-hybridized carbons (Fsp3) is 0.625. The second kappa shape index (κ2) is 5.72. The number of alkyl halides is 1. The Bertz CT molecular complexity index is 592. The zero-order valence-electron chi connectivity index (χ0n) is 12.2. The molecule has 0 N–H and O–H groups in total. The first-order chi connectivity index (χ1) is 9.70. The van der Waals surface area contributed by atoms with E-state index in [4.69, 9.17) is 16.6 Å². The number of hydrogen-bond acceptors (Lipinski definition) is 2. The molecule has 0 radical (unpaired) electrons. The van der Waals surface area contributed by atoms with Crippen molar-refractivity contribution in [2.45, 2.75) is 45.6 Å². The summed E-state index contributed by atoms with van der Waals surface area (Å²) in [4.78, 5) is 9.32. The maximum Gasteiger partial charge on any atom is 0.160 e. The van der Waals surface area contributed by atoms with Gasteiger partial charge in [0.05, 0.1) is 0 Å². The second-order valence-corrected chi connectivity index (χ2v) is 6.52. The van der Waals surface area contributed by atoms with Crippen LogP contribution in [0.4, 0.5) is 0 Å². The van der Waals surface area contributed by atoms with E-state index in [2.05, 4.69) is 23.4 Å². The summed E-state index contributed by atoms with van der Waals surface area (Å²) in [7, 11) is 0. The Morgan fingerprint density at radius 3 is 2.95 bits per heavy atom. The number of halogens is 1. The van der Waals surface area contributed by atoms with Gasteiger partial charge in [-0.25, -0.2) is 9.97 Å². The highest BCUT2D eigenvalue weighted by molar-refractivity contribution is 6.17. The third-order valence-corrected chi connectivity index (χ3v) is 4.75. The summed E-state index contributed by atoms with van der Waals surface area (Å²) < 4.78 is 2.37. The van der Waals surface area contributed by atoms with Crippen LogP contribution in [0, 0.1) is 11.8 Å². The number of aryl methyl sites for hydroxylation is 1. The number of rotatable bonds is 3. The fourth-order valence-corrected chi connectivity index (χ4v) is 3.79. The average molecular weight is 292 g/mol. The Hall–Kier alpha value is -1.09. The quantitative estimate of drug-likeness (QED) is 0.793. The average Bonchev–Trinajstić information content (AvgIpc) is 2.78. The first-order valence-corrected chi connectivity index (χ1v) is 8.12.